The van der Waals surface area contributed by atoms with Crippen LogP contribution in [0.2, 0.25) is 0 Å². The zero-order chi connectivity index (χ0) is 21.8. The van der Waals surface area contributed by atoms with E-state index in [-0.39, 0.29) is 5.91 Å². The lowest BCUT2D eigenvalue weighted by Crippen LogP contribution is -2.27. The SMILES string of the molecule is CCc1cc(-c2nc(-c3cc(C(=O)NCC(C)C)c(C)n3CC(C)C)cs2)ccn1. The smallest absolute Gasteiger partial charge is 0.253 e. The third-order valence-corrected chi connectivity index (χ3v) is 5.91. The van der Waals surface area contributed by atoms with E-state index in [1.807, 2.05) is 25.3 Å². The van der Waals surface area contributed by atoms with Gasteiger partial charge in [-0.2, -0.15) is 0 Å². The maximum atomic E-state index is 12.8. The van der Waals surface area contributed by atoms with Gasteiger partial charge in [0.05, 0.1) is 17.0 Å². The molecule has 0 aromatic carbocycles. The number of pyridine rings is 1. The summed E-state index contributed by atoms with van der Waals surface area (Å²) in [5, 5.41) is 6.11. The van der Waals surface area contributed by atoms with Gasteiger partial charge in [-0.15, -0.1) is 11.3 Å². The number of carbonyl (C=O) groups excluding carboxylic acids is 1. The third-order valence-electron chi connectivity index (χ3n) is 5.02. The van der Waals surface area contributed by atoms with E-state index in [0.29, 0.717) is 18.4 Å². The second kappa shape index (κ2) is 9.56. The maximum Gasteiger partial charge on any atom is 0.253 e. The molecular formula is C24H32N4OS. The largest absolute Gasteiger partial charge is 0.352 e. The summed E-state index contributed by atoms with van der Waals surface area (Å²) in [4.78, 5) is 22.1. The van der Waals surface area contributed by atoms with Gasteiger partial charge >= 0.3 is 0 Å². The van der Waals surface area contributed by atoms with E-state index in [9.17, 15) is 4.79 Å². The Balaban J connectivity index is 1.99. The van der Waals surface area contributed by atoms with Crippen molar-refractivity contribution in [1.29, 1.82) is 0 Å². The van der Waals surface area contributed by atoms with Crippen LogP contribution >= 0.6 is 11.3 Å². The highest BCUT2D eigenvalue weighted by Gasteiger charge is 2.21. The van der Waals surface area contributed by atoms with Gasteiger partial charge in [0.1, 0.15) is 5.01 Å². The summed E-state index contributed by atoms with van der Waals surface area (Å²) in [6.45, 7) is 14.2. The standard InChI is InChI=1S/C24H32N4OS/c1-7-19-10-18(8-9-25-19)24-27-21(14-30-24)22-11-20(23(29)26-12-15(2)3)17(6)28(22)13-16(4)5/h8-11,14-16H,7,12-13H2,1-6H3,(H,26,29). The van der Waals surface area contributed by atoms with Crippen molar-refractivity contribution in [3.63, 3.8) is 0 Å². The minimum atomic E-state index is -0.0119. The van der Waals surface area contributed by atoms with Crippen LogP contribution in [0.3, 0.4) is 0 Å². The average Bonchev–Trinajstić information content (AvgIpc) is 3.32. The van der Waals surface area contributed by atoms with Crippen molar-refractivity contribution in [2.24, 2.45) is 11.8 Å². The molecule has 0 aliphatic rings. The first-order valence-corrected chi connectivity index (χ1v) is 11.6. The van der Waals surface area contributed by atoms with Crippen LogP contribution in [0, 0.1) is 18.8 Å². The van der Waals surface area contributed by atoms with E-state index in [1.54, 1.807) is 11.3 Å². The summed E-state index contributed by atoms with van der Waals surface area (Å²) >= 11 is 1.63. The fourth-order valence-corrected chi connectivity index (χ4v) is 4.22. The van der Waals surface area contributed by atoms with Crippen molar-refractivity contribution in [3.8, 4) is 22.0 Å². The lowest BCUT2D eigenvalue weighted by Gasteiger charge is -2.13. The molecule has 1 amide bonds. The number of hydrogen-bond acceptors (Lipinski definition) is 4. The van der Waals surface area contributed by atoms with Gasteiger partial charge in [0.25, 0.3) is 5.91 Å². The molecule has 0 fully saturated rings. The van der Waals surface area contributed by atoms with Crippen molar-refractivity contribution in [1.82, 2.24) is 19.9 Å². The van der Waals surface area contributed by atoms with Crippen LogP contribution in [-0.2, 0) is 13.0 Å². The Bertz CT molecular complexity index is 1020. The van der Waals surface area contributed by atoms with E-state index in [0.717, 1.165) is 51.9 Å². The molecule has 6 heteroatoms. The van der Waals surface area contributed by atoms with Gasteiger partial charge in [0, 0.05) is 41.6 Å². The quantitative estimate of drug-likeness (QED) is 0.513. The van der Waals surface area contributed by atoms with Crippen LogP contribution in [0.15, 0.2) is 29.8 Å². The van der Waals surface area contributed by atoms with Gasteiger partial charge in [0.15, 0.2) is 0 Å². The molecule has 3 heterocycles. The Labute approximate surface area is 183 Å². The molecule has 30 heavy (non-hydrogen) atoms. The molecule has 0 aliphatic carbocycles. The van der Waals surface area contributed by atoms with Gasteiger partial charge in [0.2, 0.25) is 0 Å². The molecule has 3 aromatic rings. The number of hydrogen-bond donors (Lipinski definition) is 1. The summed E-state index contributed by atoms with van der Waals surface area (Å²) in [5.74, 6) is 0.870. The van der Waals surface area contributed by atoms with Gasteiger partial charge < -0.3 is 9.88 Å². The zero-order valence-electron chi connectivity index (χ0n) is 18.8. The van der Waals surface area contributed by atoms with E-state index in [4.69, 9.17) is 4.98 Å². The molecule has 0 atom stereocenters. The first-order chi connectivity index (χ1) is 14.3. The van der Waals surface area contributed by atoms with Gasteiger partial charge in [-0.1, -0.05) is 34.6 Å². The Morgan fingerprint density at radius 2 is 1.97 bits per heavy atom. The number of nitrogens with zero attached hydrogens (tertiary/aromatic N) is 3. The van der Waals surface area contributed by atoms with Crippen molar-refractivity contribution >= 4 is 17.2 Å². The number of thiazole rings is 1. The zero-order valence-corrected chi connectivity index (χ0v) is 19.6. The van der Waals surface area contributed by atoms with Crippen LogP contribution in [0.25, 0.3) is 22.0 Å². The van der Waals surface area contributed by atoms with Crippen LogP contribution < -0.4 is 5.32 Å². The second-order valence-corrected chi connectivity index (χ2v) is 9.42. The molecule has 0 saturated carbocycles. The Morgan fingerprint density at radius 3 is 2.63 bits per heavy atom. The highest BCUT2D eigenvalue weighted by Crippen LogP contribution is 2.32. The van der Waals surface area contributed by atoms with Crippen molar-refractivity contribution in [2.75, 3.05) is 6.54 Å². The first-order valence-electron chi connectivity index (χ1n) is 10.7. The number of aromatic nitrogens is 3. The number of amides is 1. The Morgan fingerprint density at radius 1 is 1.20 bits per heavy atom. The molecule has 0 spiro atoms. The van der Waals surface area contributed by atoms with E-state index < -0.39 is 0 Å². The average molecular weight is 425 g/mol. The lowest BCUT2D eigenvalue weighted by atomic mass is 10.2. The van der Waals surface area contributed by atoms with Crippen LogP contribution in [-0.4, -0.2) is 27.0 Å². The van der Waals surface area contributed by atoms with E-state index >= 15 is 0 Å². The monoisotopic (exact) mass is 424 g/mol. The summed E-state index contributed by atoms with van der Waals surface area (Å²) in [6.07, 6.45) is 2.75. The number of rotatable bonds is 8. The predicted molar refractivity (Wildman–Crippen MR) is 125 cm³/mol. The number of aryl methyl sites for hydroxylation is 1. The third kappa shape index (κ3) is 4.98. The maximum absolute atomic E-state index is 12.8. The molecule has 0 bridgehead atoms. The number of nitrogens with one attached hydrogen (secondary N) is 1. The molecule has 1 N–H and O–H groups in total. The highest BCUT2D eigenvalue weighted by molar-refractivity contribution is 7.13. The molecule has 5 nitrogen and oxygen atoms in total. The van der Waals surface area contributed by atoms with Gasteiger partial charge in [-0.25, -0.2) is 4.98 Å². The molecule has 0 saturated heterocycles. The number of carbonyl (C=O) groups is 1. The van der Waals surface area contributed by atoms with Crippen LogP contribution in [0.5, 0.6) is 0 Å². The van der Waals surface area contributed by atoms with Crippen molar-refractivity contribution in [2.45, 2.75) is 54.5 Å². The highest BCUT2D eigenvalue weighted by atomic mass is 32.1. The normalized spacial score (nSPS) is 11.5. The van der Waals surface area contributed by atoms with E-state index in [2.05, 4.69) is 60.9 Å². The Hall–Kier alpha value is -2.47. The molecule has 3 rings (SSSR count). The summed E-state index contributed by atoms with van der Waals surface area (Å²) in [5.41, 5.74) is 5.79. The summed E-state index contributed by atoms with van der Waals surface area (Å²) in [6, 6.07) is 6.10. The minimum absolute atomic E-state index is 0.0119. The fraction of sp³-hybridized carbons (Fsp3) is 0.458. The van der Waals surface area contributed by atoms with Crippen molar-refractivity contribution in [3.05, 3.63) is 46.7 Å². The summed E-state index contributed by atoms with van der Waals surface area (Å²) < 4.78 is 2.23. The molecule has 160 valence electrons. The summed E-state index contributed by atoms with van der Waals surface area (Å²) in [7, 11) is 0. The molecular weight excluding hydrogens is 392 g/mol. The van der Waals surface area contributed by atoms with Gasteiger partial charge in [-0.05, 0) is 43.4 Å². The molecule has 0 unspecified atom stereocenters. The predicted octanol–water partition coefficient (Wildman–Crippen LogP) is 5.59. The molecule has 3 aromatic heterocycles. The molecule has 0 radical (unpaired) electrons. The topological polar surface area (TPSA) is 59.8 Å². The van der Waals surface area contributed by atoms with Crippen molar-refractivity contribution < 1.29 is 4.79 Å². The molecule has 0 aliphatic heterocycles. The minimum Gasteiger partial charge on any atom is -0.352 e. The van der Waals surface area contributed by atoms with Gasteiger partial charge in [-0.3, -0.25) is 9.78 Å². The van der Waals surface area contributed by atoms with Crippen LogP contribution in [0.1, 0.15) is 56.4 Å². The first kappa shape index (κ1) is 22.2. The van der Waals surface area contributed by atoms with Crippen LogP contribution in [0.4, 0.5) is 0 Å². The Kier molecular flexibility index (Phi) is 7.08. The second-order valence-electron chi connectivity index (χ2n) is 8.56. The van der Waals surface area contributed by atoms with E-state index in [1.165, 1.54) is 0 Å². The lowest BCUT2D eigenvalue weighted by molar-refractivity contribution is 0.0948. The fourth-order valence-electron chi connectivity index (χ4n) is 3.41.